The average molecular weight is 1100 g/mol. The molecule has 19 N–H and O–H groups in total. The molecule has 0 spiro atoms. The molecule has 3 aliphatic rings. The Bertz CT molecular complexity index is 3770. The number of hydrogen-bond donors (Lipinski definition) is 19. The summed E-state index contributed by atoms with van der Waals surface area (Å²) in [5.74, 6) is -39.8. The Kier molecular flexibility index (Phi) is 12.2. The largest absolute Gasteiger partial charge is 0.504 e. The number of esters is 5. The number of aliphatic hydroxyl groups excluding tert-OH is 1. The second-order valence-corrected chi connectivity index (χ2v) is 17.1. The Morgan fingerprint density at radius 3 is 1.27 bits per heavy atom. The SMILES string of the molecule is O=C(O)c1cc(O)c(O)c(O)c1Oc1cc2c(c(O)c1O)-c1c(cc(O)c(O)c1O)C(=O)OC[C@H]1OC(=O)c3cc(O)c(O)c(O)c3-c3c(cc(O)c(O)c3O)C(=O)O[C@H]([C@H]3OC(=O)c4cc(O)c(O)c(O)c4[C@H]3O)[C@@H]1OC2=O. The molecular weight excluding hydrogens is 1070 g/mol. The maximum Gasteiger partial charge on any atom is 0.339 e. The lowest BCUT2D eigenvalue weighted by molar-refractivity contribution is -0.154. The van der Waals surface area contributed by atoms with Crippen LogP contribution >= 0.6 is 0 Å². The van der Waals surface area contributed by atoms with Crippen molar-refractivity contribution in [2.24, 2.45) is 0 Å². The van der Waals surface area contributed by atoms with Crippen LogP contribution in [0.15, 0.2) is 36.4 Å². The molecule has 79 heavy (non-hydrogen) atoms. The van der Waals surface area contributed by atoms with Gasteiger partial charge in [-0.1, -0.05) is 0 Å². The Labute approximate surface area is 433 Å². The summed E-state index contributed by atoms with van der Waals surface area (Å²) >= 11 is 0. The number of carbonyl (C=O) groups is 6. The van der Waals surface area contributed by atoms with Crippen molar-refractivity contribution in [3.05, 3.63) is 75.3 Å². The number of carboxylic acid groups (broad SMARTS) is 1. The van der Waals surface area contributed by atoms with Gasteiger partial charge in [0.05, 0.1) is 27.8 Å². The lowest BCUT2D eigenvalue weighted by atomic mass is 9.88. The van der Waals surface area contributed by atoms with E-state index >= 15 is 4.79 Å². The number of carboxylic acids is 1. The summed E-state index contributed by atoms with van der Waals surface area (Å²) < 4.78 is 33.3. The number of fused-ring (bicyclic) bond motifs is 8. The number of phenolic OH excluding ortho intramolecular Hbond substituents is 17. The second kappa shape index (κ2) is 18.4. The number of aromatic hydroxyl groups is 17. The van der Waals surface area contributed by atoms with Crippen LogP contribution in [0.5, 0.6) is 109 Å². The second-order valence-electron chi connectivity index (χ2n) is 17.1. The van der Waals surface area contributed by atoms with Crippen molar-refractivity contribution < 1.29 is 154 Å². The summed E-state index contributed by atoms with van der Waals surface area (Å²) in [7, 11) is 0. The van der Waals surface area contributed by atoms with E-state index in [0.29, 0.717) is 24.3 Å². The number of aliphatic hydroxyl groups is 1. The topological polar surface area (TPSA) is 542 Å². The fourth-order valence-corrected chi connectivity index (χ4v) is 8.77. The molecule has 5 atom stereocenters. The quantitative estimate of drug-likeness (QED) is 0.0683. The van der Waals surface area contributed by atoms with Crippen molar-refractivity contribution in [2.75, 3.05) is 6.61 Å². The lowest BCUT2D eigenvalue weighted by Crippen LogP contribution is -2.55. The van der Waals surface area contributed by atoms with Crippen LogP contribution in [0.25, 0.3) is 22.3 Å². The van der Waals surface area contributed by atoms with Gasteiger partial charge in [-0.3, -0.25) is 0 Å². The molecular formula is C48H32O31. The molecule has 0 aliphatic carbocycles. The van der Waals surface area contributed by atoms with Crippen molar-refractivity contribution in [2.45, 2.75) is 30.5 Å². The summed E-state index contributed by atoms with van der Waals surface area (Å²) in [6.45, 7) is -1.64. The molecule has 31 heteroatoms. The van der Waals surface area contributed by atoms with Gasteiger partial charge >= 0.3 is 35.8 Å². The smallest absolute Gasteiger partial charge is 0.339 e. The number of rotatable bonds is 4. The molecule has 31 nitrogen and oxygen atoms in total. The highest BCUT2D eigenvalue weighted by Gasteiger charge is 2.53. The van der Waals surface area contributed by atoms with Gasteiger partial charge < -0.3 is 125 Å². The van der Waals surface area contributed by atoms with Gasteiger partial charge in [-0.15, -0.1) is 0 Å². The summed E-state index contributed by atoms with van der Waals surface area (Å²) in [5.41, 5.74) is -13.6. The van der Waals surface area contributed by atoms with E-state index in [2.05, 4.69) is 0 Å². The van der Waals surface area contributed by atoms with Crippen molar-refractivity contribution in [3.8, 4) is 131 Å². The van der Waals surface area contributed by atoms with E-state index in [0.717, 1.165) is 0 Å². The maximum absolute atomic E-state index is 15.2. The zero-order valence-corrected chi connectivity index (χ0v) is 38.5. The highest BCUT2D eigenvalue weighted by molar-refractivity contribution is 6.10. The molecule has 0 radical (unpaired) electrons. The van der Waals surface area contributed by atoms with Gasteiger partial charge in [-0.25, -0.2) is 28.8 Å². The summed E-state index contributed by atoms with van der Waals surface area (Å²) in [4.78, 5) is 85.2. The van der Waals surface area contributed by atoms with Gasteiger partial charge in [0.1, 0.15) is 18.3 Å². The van der Waals surface area contributed by atoms with E-state index in [9.17, 15) is 121 Å². The van der Waals surface area contributed by atoms with E-state index in [-0.39, 0.29) is 12.1 Å². The zero-order chi connectivity index (χ0) is 57.9. The molecule has 0 saturated carbocycles. The number of ether oxygens (including phenoxy) is 6. The van der Waals surface area contributed by atoms with Gasteiger partial charge in [0.2, 0.25) is 40.2 Å². The number of phenols is 17. The highest BCUT2D eigenvalue weighted by Crippen LogP contribution is 2.57. The first-order valence-electron chi connectivity index (χ1n) is 21.7. The van der Waals surface area contributed by atoms with Crippen LogP contribution in [-0.2, 0) is 23.7 Å². The minimum Gasteiger partial charge on any atom is -0.504 e. The molecule has 0 amide bonds. The molecule has 6 aromatic carbocycles. The fourth-order valence-electron chi connectivity index (χ4n) is 8.77. The molecule has 0 aromatic heterocycles. The zero-order valence-electron chi connectivity index (χ0n) is 38.5. The van der Waals surface area contributed by atoms with E-state index in [1.165, 1.54) is 0 Å². The van der Waals surface area contributed by atoms with Crippen molar-refractivity contribution >= 4 is 35.8 Å². The van der Waals surface area contributed by atoms with Gasteiger partial charge in [0.15, 0.2) is 93.4 Å². The third-order valence-corrected chi connectivity index (χ3v) is 12.5. The normalized spacial score (nSPS) is 18.8. The fraction of sp³-hybridized carbons (Fsp3) is 0.125. The Balaban J connectivity index is 1.36. The third-order valence-electron chi connectivity index (χ3n) is 12.5. The first kappa shape index (κ1) is 52.4. The van der Waals surface area contributed by atoms with Gasteiger partial charge in [0.25, 0.3) is 0 Å². The van der Waals surface area contributed by atoms with Crippen molar-refractivity contribution in [1.82, 2.24) is 0 Å². The van der Waals surface area contributed by atoms with Crippen LogP contribution in [0, 0.1) is 0 Å². The molecule has 0 saturated heterocycles. The molecule has 0 bridgehead atoms. The summed E-state index contributed by atoms with van der Waals surface area (Å²) in [6.07, 6.45) is -14.2. The molecule has 0 fully saturated rings. The first-order chi connectivity index (χ1) is 37.1. The minimum atomic E-state index is -2.97. The molecule has 6 aromatic rings. The predicted octanol–water partition coefficient (Wildman–Crippen LogP) is 2.24. The van der Waals surface area contributed by atoms with Crippen LogP contribution in [0.1, 0.15) is 73.8 Å². The highest BCUT2D eigenvalue weighted by atomic mass is 16.6. The Hall–Kier alpha value is -11.5. The number of cyclic esters (lactones) is 3. The Morgan fingerprint density at radius 2 is 0.772 bits per heavy atom. The van der Waals surface area contributed by atoms with E-state index in [4.69, 9.17) is 28.4 Å². The summed E-state index contributed by atoms with van der Waals surface area (Å²) in [5, 5.41) is 206. The summed E-state index contributed by atoms with van der Waals surface area (Å²) in [6, 6.07) is 1.92. The predicted molar refractivity (Wildman–Crippen MR) is 244 cm³/mol. The third kappa shape index (κ3) is 8.04. The molecule has 3 heterocycles. The van der Waals surface area contributed by atoms with Crippen LogP contribution in [0.4, 0.5) is 0 Å². The maximum atomic E-state index is 15.2. The monoisotopic (exact) mass is 1100 g/mol. The van der Waals surface area contributed by atoms with Crippen molar-refractivity contribution in [3.63, 3.8) is 0 Å². The van der Waals surface area contributed by atoms with Gasteiger partial charge in [-0.2, -0.15) is 0 Å². The number of carbonyl (C=O) groups excluding carboxylic acids is 5. The molecule has 9 rings (SSSR count). The van der Waals surface area contributed by atoms with Gasteiger partial charge in [0, 0.05) is 39.9 Å². The number of benzene rings is 6. The van der Waals surface area contributed by atoms with Gasteiger partial charge in [-0.05, 0) is 24.3 Å². The van der Waals surface area contributed by atoms with E-state index in [1.807, 2.05) is 0 Å². The van der Waals surface area contributed by atoms with Crippen LogP contribution in [0.3, 0.4) is 0 Å². The van der Waals surface area contributed by atoms with Crippen LogP contribution in [-0.4, -0.2) is 164 Å². The lowest BCUT2D eigenvalue weighted by Gasteiger charge is -2.39. The van der Waals surface area contributed by atoms with Crippen LogP contribution in [0.2, 0.25) is 0 Å². The standard InChI is InChI=1S/C48H32O31/c49-14-1-8-21(32(60)26(14)54)24-12(6-19(31(59)35(24)63)75-39-13(43(67)68)5-18(53)30(58)38(39)66)48(73)77-40-20(7-74-44(8)69)76-45(70)9-2-15(50)27(55)33(61)22(9)23-10(3-16(51)28(56)34(23)62)46(71)79-42(40)41-37(65)25-11(47(72)78-41)4-17(52)29(57)36(25)64/h1-6,20,37,40-42,49-66H,7H2,(H,67,68)/t20-,37-,40-,41+,42+/m1/s1. The molecule has 0 unspecified atom stereocenters. The van der Waals surface area contributed by atoms with Crippen LogP contribution < -0.4 is 4.74 Å². The average Bonchev–Trinajstić information content (AvgIpc) is 3.49. The van der Waals surface area contributed by atoms with Crippen molar-refractivity contribution in [1.29, 1.82) is 0 Å². The van der Waals surface area contributed by atoms with E-state index in [1.54, 1.807) is 0 Å². The first-order valence-corrected chi connectivity index (χ1v) is 21.7. The number of hydrogen-bond acceptors (Lipinski definition) is 30. The Morgan fingerprint density at radius 1 is 0.405 bits per heavy atom. The molecule has 3 aliphatic heterocycles. The number of aromatic carboxylic acids is 1. The van der Waals surface area contributed by atoms with E-state index < -0.39 is 243 Å². The molecule has 410 valence electrons. The minimum absolute atomic E-state index is 0.243.